The molecule has 3 nitrogen and oxygen atoms in total. The number of thioether (sulfide) groups is 1. The molecule has 0 amide bonds. The first-order chi connectivity index (χ1) is 8.33. The smallest absolute Gasteiger partial charge is 0.143 e. The molecule has 1 atom stereocenters. The highest BCUT2D eigenvalue weighted by atomic mass is 32.2. The molecular formula is C13H21N3S. The molecule has 0 aromatic carbocycles. The molecule has 17 heavy (non-hydrogen) atoms. The molecule has 1 N–H and O–H groups in total. The van der Waals surface area contributed by atoms with Crippen LogP contribution in [0.5, 0.6) is 0 Å². The summed E-state index contributed by atoms with van der Waals surface area (Å²) < 4.78 is 0. The van der Waals surface area contributed by atoms with Gasteiger partial charge in [-0.2, -0.15) is 11.8 Å². The maximum absolute atomic E-state index is 4.69. The van der Waals surface area contributed by atoms with E-state index >= 15 is 0 Å². The number of anilines is 1. The molecule has 0 aliphatic carbocycles. The van der Waals surface area contributed by atoms with Gasteiger partial charge in [-0.25, -0.2) is 9.97 Å². The van der Waals surface area contributed by atoms with Crippen molar-refractivity contribution in [1.29, 1.82) is 0 Å². The Morgan fingerprint density at radius 2 is 2.24 bits per heavy atom. The van der Waals surface area contributed by atoms with Crippen molar-refractivity contribution in [3.63, 3.8) is 0 Å². The molecule has 1 aliphatic heterocycles. The summed E-state index contributed by atoms with van der Waals surface area (Å²) in [5.74, 6) is 3.27. The summed E-state index contributed by atoms with van der Waals surface area (Å²) in [6, 6.07) is 2.07. The van der Waals surface area contributed by atoms with Gasteiger partial charge in [0, 0.05) is 18.3 Å². The van der Waals surface area contributed by atoms with Crippen molar-refractivity contribution in [1.82, 2.24) is 9.97 Å². The zero-order chi connectivity index (χ0) is 12.1. The Labute approximate surface area is 108 Å². The molecule has 1 unspecified atom stereocenters. The Bertz CT molecular complexity index is 362. The average Bonchev–Trinajstić information content (AvgIpc) is 2.40. The third-order valence-electron chi connectivity index (χ3n) is 2.98. The first-order valence-corrected chi connectivity index (χ1v) is 7.61. The molecule has 1 saturated heterocycles. The molecule has 1 fully saturated rings. The van der Waals surface area contributed by atoms with Crippen molar-refractivity contribution in [2.75, 3.05) is 17.6 Å². The van der Waals surface area contributed by atoms with Crippen LogP contribution in [0.3, 0.4) is 0 Å². The lowest BCUT2D eigenvalue weighted by Crippen LogP contribution is -2.10. The van der Waals surface area contributed by atoms with Gasteiger partial charge in [-0.15, -0.1) is 0 Å². The van der Waals surface area contributed by atoms with E-state index in [1.807, 2.05) is 11.8 Å². The number of nitrogens with one attached hydrogen (secondary N) is 1. The molecule has 2 heterocycles. The minimum atomic E-state index is 0.507. The quantitative estimate of drug-likeness (QED) is 0.889. The first-order valence-electron chi connectivity index (χ1n) is 6.56. The van der Waals surface area contributed by atoms with Crippen molar-refractivity contribution < 1.29 is 0 Å². The Hall–Kier alpha value is -0.770. The minimum Gasteiger partial charge on any atom is -0.370 e. The second-order valence-corrected chi connectivity index (χ2v) is 5.65. The van der Waals surface area contributed by atoms with Crippen molar-refractivity contribution in [2.45, 2.75) is 44.8 Å². The summed E-state index contributed by atoms with van der Waals surface area (Å²) in [7, 11) is 0. The van der Waals surface area contributed by atoms with E-state index in [9.17, 15) is 0 Å². The molecule has 0 saturated carbocycles. The molecule has 0 radical (unpaired) electrons. The van der Waals surface area contributed by atoms with Crippen LogP contribution in [-0.2, 0) is 6.42 Å². The van der Waals surface area contributed by atoms with Crippen LogP contribution in [0.2, 0.25) is 0 Å². The summed E-state index contributed by atoms with van der Waals surface area (Å²) in [4.78, 5) is 9.34. The lowest BCUT2D eigenvalue weighted by atomic mass is 10.1. The minimum absolute atomic E-state index is 0.507. The SMILES string of the molecule is CCNc1cc(CC)nc(C2CCCCS2)n1. The number of hydrogen-bond donors (Lipinski definition) is 1. The summed E-state index contributed by atoms with van der Waals surface area (Å²) in [5, 5.41) is 3.81. The van der Waals surface area contributed by atoms with Gasteiger partial charge in [0.15, 0.2) is 0 Å². The largest absolute Gasteiger partial charge is 0.370 e. The van der Waals surface area contributed by atoms with Crippen LogP contribution in [0.4, 0.5) is 5.82 Å². The Morgan fingerprint density at radius 3 is 2.88 bits per heavy atom. The molecule has 1 aromatic heterocycles. The lowest BCUT2D eigenvalue weighted by Gasteiger charge is -2.20. The third-order valence-corrected chi connectivity index (χ3v) is 4.36. The fraction of sp³-hybridized carbons (Fsp3) is 0.692. The Balaban J connectivity index is 2.21. The van der Waals surface area contributed by atoms with E-state index in [-0.39, 0.29) is 0 Å². The van der Waals surface area contributed by atoms with Gasteiger partial charge >= 0.3 is 0 Å². The van der Waals surface area contributed by atoms with Crippen LogP contribution in [-0.4, -0.2) is 22.3 Å². The van der Waals surface area contributed by atoms with Gasteiger partial charge in [0.1, 0.15) is 11.6 Å². The van der Waals surface area contributed by atoms with Gasteiger partial charge in [0.05, 0.1) is 5.25 Å². The monoisotopic (exact) mass is 251 g/mol. The predicted molar refractivity (Wildman–Crippen MR) is 74.6 cm³/mol. The fourth-order valence-corrected chi connectivity index (χ4v) is 3.30. The molecule has 0 spiro atoms. The summed E-state index contributed by atoms with van der Waals surface area (Å²) in [6.45, 7) is 5.16. The van der Waals surface area contributed by atoms with E-state index in [2.05, 4.69) is 35.2 Å². The number of aromatic nitrogens is 2. The second kappa shape index (κ2) is 6.24. The number of rotatable bonds is 4. The number of aryl methyl sites for hydroxylation is 1. The number of nitrogens with zero attached hydrogens (tertiary/aromatic N) is 2. The maximum atomic E-state index is 4.69. The molecule has 94 valence electrons. The average molecular weight is 251 g/mol. The van der Waals surface area contributed by atoms with E-state index in [0.717, 1.165) is 30.3 Å². The molecule has 1 aliphatic rings. The standard InChI is InChI=1S/C13H21N3S/c1-3-10-9-12(14-4-2)16-13(15-10)11-7-5-6-8-17-11/h9,11H,3-8H2,1-2H3,(H,14,15,16). The van der Waals surface area contributed by atoms with E-state index in [0.29, 0.717) is 5.25 Å². The van der Waals surface area contributed by atoms with Crippen LogP contribution in [0, 0.1) is 0 Å². The summed E-state index contributed by atoms with van der Waals surface area (Å²) in [5.41, 5.74) is 1.15. The normalized spacial score (nSPS) is 20.2. The van der Waals surface area contributed by atoms with Gasteiger partial charge in [-0.05, 0) is 31.9 Å². The molecule has 2 rings (SSSR count). The van der Waals surface area contributed by atoms with Crippen LogP contribution < -0.4 is 5.32 Å². The molecule has 1 aromatic rings. The van der Waals surface area contributed by atoms with E-state index in [1.165, 1.54) is 25.0 Å². The summed E-state index contributed by atoms with van der Waals surface area (Å²) in [6.07, 6.45) is 4.86. The highest BCUT2D eigenvalue weighted by Gasteiger charge is 2.19. The van der Waals surface area contributed by atoms with Crippen molar-refractivity contribution >= 4 is 17.6 Å². The van der Waals surface area contributed by atoms with E-state index < -0.39 is 0 Å². The molecule has 4 heteroatoms. The van der Waals surface area contributed by atoms with Crippen molar-refractivity contribution in [3.05, 3.63) is 17.6 Å². The van der Waals surface area contributed by atoms with Gasteiger partial charge < -0.3 is 5.32 Å². The highest BCUT2D eigenvalue weighted by molar-refractivity contribution is 7.99. The van der Waals surface area contributed by atoms with Gasteiger partial charge in [0.25, 0.3) is 0 Å². The molecular weight excluding hydrogens is 230 g/mol. The highest BCUT2D eigenvalue weighted by Crippen LogP contribution is 2.36. The van der Waals surface area contributed by atoms with Crippen LogP contribution in [0.25, 0.3) is 0 Å². The van der Waals surface area contributed by atoms with Crippen molar-refractivity contribution in [2.24, 2.45) is 0 Å². The van der Waals surface area contributed by atoms with Gasteiger partial charge in [-0.1, -0.05) is 13.3 Å². The van der Waals surface area contributed by atoms with Gasteiger partial charge in [-0.3, -0.25) is 0 Å². The number of hydrogen-bond acceptors (Lipinski definition) is 4. The second-order valence-electron chi connectivity index (χ2n) is 4.34. The van der Waals surface area contributed by atoms with Crippen LogP contribution >= 0.6 is 11.8 Å². The maximum Gasteiger partial charge on any atom is 0.143 e. The summed E-state index contributed by atoms with van der Waals surface area (Å²) >= 11 is 2.01. The third kappa shape index (κ3) is 3.35. The zero-order valence-corrected chi connectivity index (χ0v) is 11.5. The van der Waals surface area contributed by atoms with Crippen LogP contribution in [0.1, 0.15) is 49.9 Å². The first kappa shape index (κ1) is 12.7. The fourth-order valence-electron chi connectivity index (χ4n) is 2.06. The lowest BCUT2D eigenvalue weighted by molar-refractivity contribution is 0.659. The van der Waals surface area contributed by atoms with E-state index in [4.69, 9.17) is 0 Å². The van der Waals surface area contributed by atoms with Crippen LogP contribution in [0.15, 0.2) is 6.07 Å². The predicted octanol–water partition coefficient (Wildman–Crippen LogP) is 3.43. The molecule has 0 bridgehead atoms. The zero-order valence-electron chi connectivity index (χ0n) is 10.7. The van der Waals surface area contributed by atoms with E-state index in [1.54, 1.807) is 0 Å². The van der Waals surface area contributed by atoms with Crippen molar-refractivity contribution in [3.8, 4) is 0 Å². The van der Waals surface area contributed by atoms with Gasteiger partial charge in [0.2, 0.25) is 0 Å². The Morgan fingerprint density at radius 1 is 1.35 bits per heavy atom. The topological polar surface area (TPSA) is 37.8 Å². The Kier molecular flexibility index (Phi) is 4.66.